The van der Waals surface area contributed by atoms with Gasteiger partial charge in [-0.2, -0.15) is 0 Å². The zero-order chi connectivity index (χ0) is 20.1. The van der Waals surface area contributed by atoms with E-state index in [2.05, 4.69) is 43.3 Å². The lowest BCUT2D eigenvalue weighted by molar-refractivity contribution is 0.413. The lowest BCUT2D eigenvalue weighted by atomic mass is 10.0. The molecule has 4 aromatic carbocycles. The van der Waals surface area contributed by atoms with Crippen molar-refractivity contribution in [1.82, 2.24) is 0 Å². The van der Waals surface area contributed by atoms with Crippen LogP contribution in [0, 0.1) is 6.92 Å². The van der Waals surface area contributed by atoms with E-state index in [4.69, 9.17) is 14.2 Å². The molecular formula is C26H22O3. The van der Waals surface area contributed by atoms with Crippen molar-refractivity contribution in [3.8, 4) is 39.9 Å². The second-order valence-electron chi connectivity index (χ2n) is 6.74. The third-order valence-electron chi connectivity index (χ3n) is 4.59. The molecule has 0 saturated heterocycles. The maximum atomic E-state index is 5.95. The molecule has 0 bridgehead atoms. The number of rotatable bonds is 6. The first-order chi connectivity index (χ1) is 14.2. The van der Waals surface area contributed by atoms with Gasteiger partial charge in [0.05, 0.1) is 7.11 Å². The highest BCUT2D eigenvalue weighted by Crippen LogP contribution is 2.29. The zero-order valence-electron chi connectivity index (χ0n) is 16.5. The van der Waals surface area contributed by atoms with Crippen LogP contribution in [0.2, 0.25) is 0 Å². The van der Waals surface area contributed by atoms with Crippen LogP contribution in [0.15, 0.2) is 97.1 Å². The molecule has 0 heterocycles. The van der Waals surface area contributed by atoms with Crippen molar-refractivity contribution < 1.29 is 14.2 Å². The van der Waals surface area contributed by atoms with Crippen LogP contribution in [0.1, 0.15) is 5.56 Å². The van der Waals surface area contributed by atoms with Crippen LogP contribution in [-0.4, -0.2) is 7.11 Å². The molecule has 4 aromatic rings. The SMILES string of the molecule is COc1ccc(Oc2ccc(Oc3ccc(-c4ccc(C)cc4)cc3)cc2)cc1. The van der Waals surface area contributed by atoms with E-state index in [-0.39, 0.29) is 0 Å². The molecule has 0 aromatic heterocycles. The summed E-state index contributed by atoms with van der Waals surface area (Å²) in [6.07, 6.45) is 0. The van der Waals surface area contributed by atoms with Crippen molar-refractivity contribution in [3.63, 3.8) is 0 Å². The van der Waals surface area contributed by atoms with Crippen LogP contribution in [0.25, 0.3) is 11.1 Å². The molecule has 0 atom stereocenters. The van der Waals surface area contributed by atoms with Gasteiger partial charge in [-0.3, -0.25) is 0 Å². The molecule has 29 heavy (non-hydrogen) atoms. The molecular weight excluding hydrogens is 360 g/mol. The molecule has 0 saturated carbocycles. The topological polar surface area (TPSA) is 27.7 Å². The van der Waals surface area contributed by atoms with Crippen LogP contribution in [-0.2, 0) is 0 Å². The summed E-state index contributed by atoms with van der Waals surface area (Å²) >= 11 is 0. The van der Waals surface area contributed by atoms with E-state index < -0.39 is 0 Å². The Morgan fingerprint density at radius 3 is 1.10 bits per heavy atom. The summed E-state index contributed by atoms with van der Waals surface area (Å²) in [6, 6.07) is 31.7. The Balaban J connectivity index is 1.39. The quantitative estimate of drug-likeness (QED) is 0.351. The number of benzene rings is 4. The van der Waals surface area contributed by atoms with E-state index in [0.717, 1.165) is 28.7 Å². The first kappa shape index (κ1) is 18.6. The van der Waals surface area contributed by atoms with Gasteiger partial charge in [0.25, 0.3) is 0 Å². The second kappa shape index (κ2) is 8.53. The number of ether oxygens (including phenoxy) is 3. The maximum absolute atomic E-state index is 5.95. The first-order valence-corrected chi connectivity index (χ1v) is 9.46. The van der Waals surface area contributed by atoms with E-state index in [9.17, 15) is 0 Å². The third-order valence-corrected chi connectivity index (χ3v) is 4.59. The summed E-state index contributed by atoms with van der Waals surface area (Å²) in [5.41, 5.74) is 3.62. The monoisotopic (exact) mass is 382 g/mol. The van der Waals surface area contributed by atoms with Crippen LogP contribution < -0.4 is 14.2 Å². The third kappa shape index (κ3) is 4.77. The second-order valence-corrected chi connectivity index (χ2v) is 6.74. The maximum Gasteiger partial charge on any atom is 0.127 e. The van der Waals surface area contributed by atoms with Crippen molar-refractivity contribution >= 4 is 0 Å². The van der Waals surface area contributed by atoms with Gasteiger partial charge in [0.15, 0.2) is 0 Å². The zero-order valence-corrected chi connectivity index (χ0v) is 16.5. The van der Waals surface area contributed by atoms with Crippen molar-refractivity contribution in [3.05, 3.63) is 103 Å². The molecule has 3 heteroatoms. The molecule has 3 nitrogen and oxygen atoms in total. The molecule has 0 aliphatic carbocycles. The average molecular weight is 382 g/mol. The Kier molecular flexibility index (Phi) is 5.48. The predicted octanol–water partition coefficient (Wildman–Crippen LogP) is 7.26. The molecule has 4 rings (SSSR count). The Bertz CT molecular complexity index is 1050. The van der Waals surface area contributed by atoms with Crippen molar-refractivity contribution in [1.29, 1.82) is 0 Å². The molecule has 0 aliphatic rings. The van der Waals surface area contributed by atoms with E-state index >= 15 is 0 Å². The molecule has 0 radical (unpaired) electrons. The summed E-state index contributed by atoms with van der Waals surface area (Å²) in [7, 11) is 1.64. The van der Waals surface area contributed by atoms with Gasteiger partial charge in [-0.05, 0) is 78.7 Å². The van der Waals surface area contributed by atoms with Gasteiger partial charge in [0.2, 0.25) is 0 Å². The van der Waals surface area contributed by atoms with Crippen molar-refractivity contribution in [2.45, 2.75) is 6.92 Å². The molecule has 0 unspecified atom stereocenters. The summed E-state index contributed by atoms with van der Waals surface area (Å²) in [5.74, 6) is 3.86. The summed E-state index contributed by atoms with van der Waals surface area (Å²) in [6.45, 7) is 2.09. The molecule has 0 amide bonds. The van der Waals surface area contributed by atoms with Crippen LogP contribution >= 0.6 is 0 Å². The number of hydrogen-bond acceptors (Lipinski definition) is 3. The van der Waals surface area contributed by atoms with Gasteiger partial charge in [0.1, 0.15) is 28.7 Å². The van der Waals surface area contributed by atoms with Gasteiger partial charge in [-0.15, -0.1) is 0 Å². The minimum atomic E-state index is 0.747. The standard InChI is InChI=1S/C26H22O3/c1-19-3-5-20(6-4-19)21-7-9-23(10-8-21)28-25-15-17-26(18-16-25)29-24-13-11-22(27-2)12-14-24/h3-18H,1-2H3. The van der Waals surface area contributed by atoms with Gasteiger partial charge in [-0.25, -0.2) is 0 Å². The highest BCUT2D eigenvalue weighted by Gasteiger charge is 2.02. The van der Waals surface area contributed by atoms with Gasteiger partial charge < -0.3 is 14.2 Å². The van der Waals surface area contributed by atoms with E-state index in [1.807, 2.05) is 60.7 Å². The summed E-state index contributed by atoms with van der Waals surface area (Å²) < 4.78 is 17.0. The lowest BCUT2D eigenvalue weighted by Crippen LogP contribution is -1.87. The lowest BCUT2D eigenvalue weighted by Gasteiger charge is -2.09. The largest absolute Gasteiger partial charge is 0.497 e. The minimum Gasteiger partial charge on any atom is -0.497 e. The number of methoxy groups -OCH3 is 1. The van der Waals surface area contributed by atoms with E-state index in [1.165, 1.54) is 16.7 Å². The van der Waals surface area contributed by atoms with Gasteiger partial charge >= 0.3 is 0 Å². The van der Waals surface area contributed by atoms with Crippen molar-refractivity contribution in [2.75, 3.05) is 7.11 Å². The normalized spacial score (nSPS) is 10.4. The van der Waals surface area contributed by atoms with Crippen LogP contribution in [0.4, 0.5) is 0 Å². The smallest absolute Gasteiger partial charge is 0.127 e. The van der Waals surface area contributed by atoms with Crippen molar-refractivity contribution in [2.24, 2.45) is 0 Å². The van der Waals surface area contributed by atoms with E-state index in [0.29, 0.717) is 0 Å². The summed E-state index contributed by atoms with van der Waals surface area (Å²) in [4.78, 5) is 0. The highest BCUT2D eigenvalue weighted by molar-refractivity contribution is 5.64. The molecule has 0 aliphatic heterocycles. The fourth-order valence-corrected chi connectivity index (χ4v) is 2.95. The highest BCUT2D eigenvalue weighted by atomic mass is 16.5. The number of aryl methyl sites for hydroxylation is 1. The number of hydrogen-bond donors (Lipinski definition) is 0. The van der Waals surface area contributed by atoms with Gasteiger partial charge in [-0.1, -0.05) is 42.0 Å². The fraction of sp³-hybridized carbons (Fsp3) is 0.0769. The minimum absolute atomic E-state index is 0.747. The predicted molar refractivity (Wildman–Crippen MR) is 116 cm³/mol. The van der Waals surface area contributed by atoms with E-state index in [1.54, 1.807) is 7.11 Å². The molecule has 0 fully saturated rings. The molecule has 144 valence electrons. The van der Waals surface area contributed by atoms with Crippen LogP contribution in [0.5, 0.6) is 28.7 Å². The Morgan fingerprint density at radius 2 is 0.724 bits per heavy atom. The molecule has 0 spiro atoms. The Labute approximate surface area is 171 Å². The summed E-state index contributed by atoms with van der Waals surface area (Å²) in [5, 5.41) is 0. The van der Waals surface area contributed by atoms with Crippen LogP contribution in [0.3, 0.4) is 0 Å². The fourth-order valence-electron chi connectivity index (χ4n) is 2.95. The average Bonchev–Trinajstić information content (AvgIpc) is 2.77. The Morgan fingerprint density at radius 1 is 0.414 bits per heavy atom. The van der Waals surface area contributed by atoms with Gasteiger partial charge in [0, 0.05) is 0 Å². The molecule has 0 N–H and O–H groups in total. The Hall–Kier alpha value is -3.72. The first-order valence-electron chi connectivity index (χ1n) is 9.46.